The molecule has 0 atom stereocenters. The summed E-state index contributed by atoms with van der Waals surface area (Å²) in [6.07, 6.45) is 0. The Kier molecular flexibility index (Phi) is 5.41. The summed E-state index contributed by atoms with van der Waals surface area (Å²) >= 11 is 13.1. The second kappa shape index (κ2) is 7.68. The summed E-state index contributed by atoms with van der Waals surface area (Å²) in [6.45, 7) is 8.70. The van der Waals surface area contributed by atoms with Crippen molar-refractivity contribution in [3.05, 3.63) is 57.1 Å². The van der Waals surface area contributed by atoms with Crippen LogP contribution in [0.4, 0.5) is 0 Å². The van der Waals surface area contributed by atoms with Gasteiger partial charge in [0.1, 0.15) is 0 Å². The fraction of sp³-hybridized carbons (Fsp3) is 0.409. The molecular formula is C22H25Cl2N3O. The van der Waals surface area contributed by atoms with Gasteiger partial charge in [-0.3, -0.25) is 14.6 Å². The van der Waals surface area contributed by atoms with E-state index < -0.39 is 0 Å². The van der Waals surface area contributed by atoms with Crippen LogP contribution in [0.15, 0.2) is 30.3 Å². The normalized spacial score (nSPS) is 17.8. The van der Waals surface area contributed by atoms with Gasteiger partial charge in [0.25, 0.3) is 5.91 Å². The number of hydrogen-bond donors (Lipinski definition) is 0. The molecule has 6 heteroatoms. The van der Waals surface area contributed by atoms with Gasteiger partial charge < -0.3 is 4.90 Å². The maximum Gasteiger partial charge on any atom is 0.256 e. The maximum atomic E-state index is 12.6. The SMILES string of the molecule is CC(C)N1Cc2cc(-c3ccc(CN4CCN(C)C4)cc3Cl)cc(Cl)c2C1=O. The Bertz CT molecular complexity index is 928. The van der Waals surface area contributed by atoms with Crippen molar-refractivity contribution in [3.8, 4) is 11.1 Å². The summed E-state index contributed by atoms with van der Waals surface area (Å²) in [5.41, 5.74) is 4.72. The second-order valence-corrected chi connectivity index (χ2v) is 8.92. The molecule has 148 valence electrons. The summed E-state index contributed by atoms with van der Waals surface area (Å²) in [4.78, 5) is 19.2. The van der Waals surface area contributed by atoms with Gasteiger partial charge in [0, 0.05) is 42.8 Å². The molecule has 0 aromatic heterocycles. The topological polar surface area (TPSA) is 26.8 Å². The molecule has 0 aliphatic carbocycles. The molecule has 28 heavy (non-hydrogen) atoms. The van der Waals surface area contributed by atoms with Crippen LogP contribution in [0.2, 0.25) is 10.0 Å². The number of hydrogen-bond acceptors (Lipinski definition) is 3. The lowest BCUT2D eigenvalue weighted by molar-refractivity contribution is 0.0731. The summed E-state index contributed by atoms with van der Waals surface area (Å²) in [5, 5.41) is 1.21. The Balaban J connectivity index is 1.61. The van der Waals surface area contributed by atoms with E-state index in [0.29, 0.717) is 22.2 Å². The first-order valence-electron chi connectivity index (χ1n) is 9.66. The van der Waals surface area contributed by atoms with Gasteiger partial charge in [-0.25, -0.2) is 0 Å². The zero-order valence-corrected chi connectivity index (χ0v) is 18.0. The third kappa shape index (κ3) is 3.67. The number of likely N-dealkylation sites (N-methyl/N-ethyl adjacent to an activating group) is 1. The predicted octanol–water partition coefficient (Wildman–Crippen LogP) is 4.73. The molecule has 0 bridgehead atoms. The fourth-order valence-corrected chi connectivity index (χ4v) is 4.70. The van der Waals surface area contributed by atoms with Crippen LogP contribution >= 0.6 is 23.2 Å². The molecule has 2 aliphatic rings. The molecule has 0 unspecified atom stereocenters. The van der Waals surface area contributed by atoms with Crippen LogP contribution in [0.25, 0.3) is 11.1 Å². The van der Waals surface area contributed by atoms with Crippen LogP contribution < -0.4 is 0 Å². The second-order valence-electron chi connectivity index (χ2n) is 8.11. The number of halogens is 2. The van der Waals surface area contributed by atoms with E-state index in [1.165, 1.54) is 5.56 Å². The van der Waals surface area contributed by atoms with Gasteiger partial charge in [0.2, 0.25) is 0 Å². The Hall–Kier alpha value is -1.59. The van der Waals surface area contributed by atoms with Crippen molar-refractivity contribution in [2.75, 3.05) is 26.8 Å². The van der Waals surface area contributed by atoms with Gasteiger partial charge >= 0.3 is 0 Å². The number of carbonyl (C=O) groups is 1. The minimum Gasteiger partial charge on any atom is -0.332 e. The molecular weight excluding hydrogens is 393 g/mol. The molecule has 1 saturated heterocycles. The monoisotopic (exact) mass is 417 g/mol. The smallest absolute Gasteiger partial charge is 0.256 e. The molecule has 1 amide bonds. The van der Waals surface area contributed by atoms with Crippen LogP contribution in [-0.2, 0) is 13.1 Å². The molecule has 4 nitrogen and oxygen atoms in total. The lowest BCUT2D eigenvalue weighted by Crippen LogP contribution is -2.30. The Morgan fingerprint density at radius 1 is 1.07 bits per heavy atom. The zero-order valence-electron chi connectivity index (χ0n) is 16.5. The molecule has 2 aliphatic heterocycles. The van der Waals surface area contributed by atoms with E-state index >= 15 is 0 Å². The third-order valence-electron chi connectivity index (χ3n) is 5.60. The van der Waals surface area contributed by atoms with Crippen LogP contribution in [0.3, 0.4) is 0 Å². The van der Waals surface area contributed by atoms with E-state index in [-0.39, 0.29) is 11.9 Å². The van der Waals surface area contributed by atoms with Crippen molar-refractivity contribution in [1.29, 1.82) is 0 Å². The van der Waals surface area contributed by atoms with Gasteiger partial charge in [-0.15, -0.1) is 0 Å². The van der Waals surface area contributed by atoms with Crippen LogP contribution in [-0.4, -0.2) is 53.5 Å². The van der Waals surface area contributed by atoms with E-state index in [2.05, 4.69) is 35.0 Å². The quantitative estimate of drug-likeness (QED) is 0.719. The Morgan fingerprint density at radius 2 is 1.86 bits per heavy atom. The third-order valence-corrected chi connectivity index (χ3v) is 6.21. The number of rotatable bonds is 4. The number of nitrogens with zero attached hydrogens (tertiary/aromatic N) is 3. The van der Waals surface area contributed by atoms with Gasteiger partial charge in [0.05, 0.1) is 17.3 Å². The van der Waals surface area contributed by atoms with Crippen LogP contribution in [0.1, 0.15) is 35.3 Å². The molecule has 2 aromatic rings. The highest BCUT2D eigenvalue weighted by molar-refractivity contribution is 6.35. The van der Waals surface area contributed by atoms with E-state index in [1.807, 2.05) is 30.9 Å². The van der Waals surface area contributed by atoms with Crippen molar-refractivity contribution in [2.24, 2.45) is 0 Å². The molecule has 0 saturated carbocycles. The Morgan fingerprint density at radius 3 is 2.50 bits per heavy atom. The Labute approximate surface area is 176 Å². The van der Waals surface area contributed by atoms with Crippen molar-refractivity contribution in [3.63, 3.8) is 0 Å². The average Bonchev–Trinajstić information content (AvgIpc) is 3.18. The van der Waals surface area contributed by atoms with E-state index in [4.69, 9.17) is 23.2 Å². The number of benzene rings is 2. The van der Waals surface area contributed by atoms with E-state index in [1.54, 1.807) is 0 Å². The molecule has 0 spiro atoms. The molecule has 2 heterocycles. The van der Waals surface area contributed by atoms with Crippen LogP contribution in [0, 0.1) is 0 Å². The molecule has 0 N–H and O–H groups in total. The maximum absolute atomic E-state index is 12.6. The highest BCUT2D eigenvalue weighted by Crippen LogP contribution is 2.37. The highest BCUT2D eigenvalue weighted by atomic mass is 35.5. The van der Waals surface area contributed by atoms with E-state index in [9.17, 15) is 4.79 Å². The molecule has 0 radical (unpaired) electrons. The summed E-state index contributed by atoms with van der Waals surface area (Å²) < 4.78 is 0. The molecule has 4 rings (SSSR count). The van der Waals surface area contributed by atoms with Gasteiger partial charge in [-0.05, 0) is 55.8 Å². The molecule has 1 fully saturated rings. The number of amides is 1. The van der Waals surface area contributed by atoms with Crippen molar-refractivity contribution in [1.82, 2.24) is 14.7 Å². The number of carbonyl (C=O) groups excluding carboxylic acids is 1. The summed E-state index contributed by atoms with van der Waals surface area (Å²) in [6, 6.07) is 10.3. The van der Waals surface area contributed by atoms with Gasteiger partial charge in [-0.2, -0.15) is 0 Å². The van der Waals surface area contributed by atoms with Gasteiger partial charge in [0.15, 0.2) is 0 Å². The molecule has 2 aromatic carbocycles. The van der Waals surface area contributed by atoms with E-state index in [0.717, 1.165) is 43.0 Å². The van der Waals surface area contributed by atoms with Gasteiger partial charge in [-0.1, -0.05) is 35.3 Å². The average molecular weight is 418 g/mol. The standard InChI is InChI=1S/C22H25Cl2N3O/c1-14(2)27-12-17-9-16(10-20(24)21(17)22(27)28)18-5-4-15(8-19(18)23)11-26-7-6-25(3)13-26/h4-5,8-10,14H,6-7,11-13H2,1-3H3. The van der Waals surface area contributed by atoms with Crippen molar-refractivity contribution in [2.45, 2.75) is 33.0 Å². The van der Waals surface area contributed by atoms with Crippen LogP contribution in [0.5, 0.6) is 0 Å². The first-order valence-corrected chi connectivity index (χ1v) is 10.4. The first kappa shape index (κ1) is 19.7. The minimum absolute atomic E-state index is 0.0126. The first-order chi connectivity index (χ1) is 13.3. The van der Waals surface area contributed by atoms with Crippen molar-refractivity contribution >= 4 is 29.1 Å². The highest BCUT2D eigenvalue weighted by Gasteiger charge is 2.32. The predicted molar refractivity (Wildman–Crippen MR) is 115 cm³/mol. The number of fused-ring (bicyclic) bond motifs is 1. The van der Waals surface area contributed by atoms with Crippen molar-refractivity contribution < 1.29 is 4.79 Å². The zero-order chi connectivity index (χ0) is 20.0. The fourth-order valence-electron chi connectivity index (χ4n) is 4.07. The lowest BCUT2D eigenvalue weighted by Gasteiger charge is -2.19. The minimum atomic E-state index is 0.0126. The summed E-state index contributed by atoms with van der Waals surface area (Å²) in [7, 11) is 2.14. The lowest BCUT2D eigenvalue weighted by atomic mass is 9.99. The summed E-state index contributed by atoms with van der Waals surface area (Å²) in [5.74, 6) is 0.0126. The largest absolute Gasteiger partial charge is 0.332 e.